The van der Waals surface area contributed by atoms with Crippen LogP contribution in [0.25, 0.3) is 5.65 Å². The van der Waals surface area contributed by atoms with Crippen LogP contribution in [-0.2, 0) is 0 Å². The van der Waals surface area contributed by atoms with Gasteiger partial charge in [-0.25, -0.2) is 13.9 Å². The Morgan fingerprint density at radius 3 is 3.00 bits per heavy atom. The van der Waals surface area contributed by atoms with Gasteiger partial charge in [-0.2, -0.15) is 5.10 Å². The number of hydrogen-bond acceptors (Lipinski definition) is 4. The van der Waals surface area contributed by atoms with E-state index in [1.807, 2.05) is 0 Å². The summed E-state index contributed by atoms with van der Waals surface area (Å²) in [4.78, 5) is 4.40. The molecule has 2 aromatic heterocycles. The lowest BCUT2D eigenvalue weighted by Gasteiger charge is -2.16. The highest BCUT2D eigenvalue weighted by atomic mass is 19.1. The van der Waals surface area contributed by atoms with E-state index in [4.69, 9.17) is 6.42 Å². The molecule has 0 amide bonds. The number of rotatable bonds is 3. The summed E-state index contributed by atoms with van der Waals surface area (Å²) < 4.78 is 14.9. The van der Waals surface area contributed by atoms with Crippen LogP contribution in [0, 0.1) is 18.2 Å². The third kappa shape index (κ3) is 2.44. The van der Waals surface area contributed by atoms with E-state index in [2.05, 4.69) is 21.3 Å². The topological polar surface area (TPSA) is 62.5 Å². The second-order valence-corrected chi connectivity index (χ2v) is 4.85. The van der Waals surface area contributed by atoms with Crippen LogP contribution in [0.2, 0.25) is 0 Å². The first kappa shape index (κ1) is 13.9. The van der Waals surface area contributed by atoms with Gasteiger partial charge in [-0.3, -0.25) is 0 Å². The van der Waals surface area contributed by atoms with Crippen molar-refractivity contribution in [3.8, 4) is 18.1 Å². The molecule has 3 aromatic rings. The molecule has 22 heavy (non-hydrogen) atoms. The highest BCUT2D eigenvalue weighted by Crippen LogP contribution is 2.27. The van der Waals surface area contributed by atoms with E-state index in [0.717, 1.165) is 0 Å². The van der Waals surface area contributed by atoms with E-state index in [-0.39, 0.29) is 11.8 Å². The fourth-order valence-corrected chi connectivity index (χ4v) is 2.22. The van der Waals surface area contributed by atoms with Crippen molar-refractivity contribution in [2.75, 3.05) is 5.32 Å². The first-order valence-corrected chi connectivity index (χ1v) is 6.64. The van der Waals surface area contributed by atoms with Crippen LogP contribution in [0.1, 0.15) is 24.1 Å². The largest absolute Gasteiger partial charge is 0.508 e. The second kappa shape index (κ2) is 5.37. The van der Waals surface area contributed by atoms with Gasteiger partial charge in [0.05, 0.1) is 17.8 Å². The SMILES string of the molecule is C#Cc1cnn2ccc(NC(C)c3cc(F)ccc3O)nc12. The molecule has 110 valence electrons. The number of fused-ring (bicyclic) bond motifs is 1. The lowest BCUT2D eigenvalue weighted by atomic mass is 10.1. The molecule has 2 N–H and O–H groups in total. The number of nitrogens with zero attached hydrogens (tertiary/aromatic N) is 3. The first-order valence-electron chi connectivity index (χ1n) is 6.64. The highest BCUT2D eigenvalue weighted by molar-refractivity contribution is 5.58. The lowest BCUT2D eigenvalue weighted by Crippen LogP contribution is -2.09. The molecule has 0 aliphatic carbocycles. The molecular weight excluding hydrogens is 283 g/mol. The minimum absolute atomic E-state index is 0.0242. The van der Waals surface area contributed by atoms with Crippen LogP contribution in [-0.4, -0.2) is 19.7 Å². The van der Waals surface area contributed by atoms with Crippen molar-refractivity contribution in [3.63, 3.8) is 0 Å². The highest BCUT2D eigenvalue weighted by Gasteiger charge is 2.13. The number of benzene rings is 1. The monoisotopic (exact) mass is 296 g/mol. The van der Waals surface area contributed by atoms with Gasteiger partial charge in [-0.05, 0) is 31.2 Å². The van der Waals surface area contributed by atoms with Gasteiger partial charge in [0.1, 0.15) is 17.4 Å². The molecule has 0 saturated heterocycles. The number of phenols is 1. The summed E-state index contributed by atoms with van der Waals surface area (Å²) in [5.74, 6) is 2.69. The molecular formula is C16H13FN4O. The molecule has 6 heteroatoms. The number of hydrogen-bond donors (Lipinski definition) is 2. The van der Waals surface area contributed by atoms with Gasteiger partial charge in [-0.15, -0.1) is 6.42 Å². The standard InChI is InChI=1S/C16H13FN4O/c1-3-11-9-18-21-7-6-15(20-16(11)21)19-10(2)13-8-12(17)4-5-14(13)22/h1,4-10,22H,2H3,(H,19,20). The molecule has 1 atom stereocenters. The van der Waals surface area contributed by atoms with Crippen LogP contribution < -0.4 is 5.32 Å². The minimum atomic E-state index is -0.407. The molecule has 0 spiro atoms. The van der Waals surface area contributed by atoms with Crippen LogP contribution in [0.4, 0.5) is 10.2 Å². The van der Waals surface area contributed by atoms with Gasteiger partial charge in [0.25, 0.3) is 0 Å². The summed E-state index contributed by atoms with van der Waals surface area (Å²) in [6, 6.07) is 5.22. The number of halogens is 1. The van der Waals surface area contributed by atoms with Gasteiger partial charge < -0.3 is 10.4 Å². The molecule has 0 fully saturated rings. The molecule has 5 nitrogen and oxygen atoms in total. The van der Waals surface area contributed by atoms with E-state index < -0.39 is 5.82 Å². The van der Waals surface area contributed by atoms with Crippen molar-refractivity contribution in [1.82, 2.24) is 14.6 Å². The summed E-state index contributed by atoms with van der Waals surface area (Å²) in [7, 11) is 0. The fourth-order valence-electron chi connectivity index (χ4n) is 2.22. The van der Waals surface area contributed by atoms with Crippen molar-refractivity contribution in [3.05, 3.63) is 53.6 Å². The summed E-state index contributed by atoms with van der Waals surface area (Å²) in [5, 5.41) is 17.0. The predicted octanol–water partition coefficient (Wildman–Crippen LogP) is 2.73. The van der Waals surface area contributed by atoms with Crippen LogP contribution in [0.15, 0.2) is 36.7 Å². The van der Waals surface area contributed by atoms with Crippen molar-refractivity contribution in [1.29, 1.82) is 0 Å². The average Bonchev–Trinajstić information content (AvgIpc) is 2.92. The van der Waals surface area contributed by atoms with Gasteiger partial charge in [0, 0.05) is 11.8 Å². The zero-order valence-corrected chi connectivity index (χ0v) is 11.8. The maximum atomic E-state index is 13.3. The molecule has 2 heterocycles. The van der Waals surface area contributed by atoms with Crippen molar-refractivity contribution >= 4 is 11.5 Å². The molecule has 0 aliphatic heterocycles. The van der Waals surface area contributed by atoms with E-state index in [9.17, 15) is 9.50 Å². The molecule has 1 aromatic carbocycles. The Labute approximate surface area is 126 Å². The number of aromatic hydroxyl groups is 1. The predicted molar refractivity (Wildman–Crippen MR) is 81.0 cm³/mol. The molecule has 0 radical (unpaired) electrons. The van der Waals surface area contributed by atoms with Gasteiger partial charge >= 0.3 is 0 Å². The first-order chi connectivity index (χ1) is 10.6. The number of phenolic OH excluding ortho intramolecular Hbond substituents is 1. The lowest BCUT2D eigenvalue weighted by molar-refractivity contribution is 0.462. The Morgan fingerprint density at radius 1 is 1.41 bits per heavy atom. The maximum Gasteiger partial charge on any atom is 0.172 e. The van der Waals surface area contributed by atoms with Crippen molar-refractivity contribution < 1.29 is 9.50 Å². The minimum Gasteiger partial charge on any atom is -0.508 e. The molecule has 3 rings (SSSR count). The van der Waals surface area contributed by atoms with Gasteiger partial charge in [0.15, 0.2) is 5.65 Å². The number of anilines is 1. The van der Waals surface area contributed by atoms with Crippen LogP contribution in [0.5, 0.6) is 5.75 Å². The molecule has 1 unspecified atom stereocenters. The van der Waals surface area contributed by atoms with Crippen LogP contribution in [0.3, 0.4) is 0 Å². The summed E-state index contributed by atoms with van der Waals surface area (Å²) in [6.45, 7) is 1.80. The van der Waals surface area contributed by atoms with E-state index >= 15 is 0 Å². The second-order valence-electron chi connectivity index (χ2n) is 4.85. The van der Waals surface area contributed by atoms with Gasteiger partial charge in [0.2, 0.25) is 0 Å². The summed E-state index contributed by atoms with van der Waals surface area (Å²) in [5.41, 5.74) is 1.60. The molecule has 0 saturated carbocycles. The quantitative estimate of drug-likeness (QED) is 0.730. The summed E-state index contributed by atoms with van der Waals surface area (Å²) in [6.07, 6.45) is 8.69. The van der Waals surface area contributed by atoms with Crippen molar-refractivity contribution in [2.45, 2.75) is 13.0 Å². The number of nitrogens with one attached hydrogen (secondary N) is 1. The Morgan fingerprint density at radius 2 is 2.23 bits per heavy atom. The maximum absolute atomic E-state index is 13.3. The van der Waals surface area contributed by atoms with E-state index in [1.54, 1.807) is 29.9 Å². The number of terminal acetylenes is 1. The van der Waals surface area contributed by atoms with E-state index in [0.29, 0.717) is 22.6 Å². The summed E-state index contributed by atoms with van der Waals surface area (Å²) >= 11 is 0. The van der Waals surface area contributed by atoms with Crippen LogP contribution >= 0.6 is 0 Å². The fraction of sp³-hybridized carbons (Fsp3) is 0.125. The average molecular weight is 296 g/mol. The van der Waals surface area contributed by atoms with Gasteiger partial charge in [-0.1, -0.05) is 5.92 Å². The van der Waals surface area contributed by atoms with E-state index in [1.165, 1.54) is 18.2 Å². The Balaban J connectivity index is 1.92. The smallest absolute Gasteiger partial charge is 0.172 e. The third-order valence-corrected chi connectivity index (χ3v) is 3.35. The third-order valence-electron chi connectivity index (χ3n) is 3.35. The Bertz CT molecular complexity index is 881. The number of aromatic nitrogens is 3. The Kier molecular flexibility index (Phi) is 3.39. The molecule has 0 aliphatic rings. The zero-order chi connectivity index (χ0) is 15.7. The zero-order valence-electron chi connectivity index (χ0n) is 11.8. The Hall–Kier alpha value is -3.07. The molecule has 0 bridgehead atoms. The normalized spacial score (nSPS) is 12.0. The van der Waals surface area contributed by atoms with Crippen molar-refractivity contribution in [2.24, 2.45) is 0 Å².